The standard InChI is InChI=1S/C24H32FN5O2/c1-16(27-17(2)31)18-6-8-19(9-7-18)32-20-10-13-30(15-20)22-21(25)14-26-23(28-22)29-24(3)11-4-5-12-24/h6-9,14,16,20H,4-5,10-13,15H2,1-3H3,(H,27,31)(H,26,28,29)/t16-,20+/m0/s1. The monoisotopic (exact) mass is 441 g/mol. The Bertz CT molecular complexity index is 946. The molecule has 1 saturated heterocycles. The second kappa shape index (κ2) is 9.30. The summed E-state index contributed by atoms with van der Waals surface area (Å²) in [6, 6.07) is 7.67. The van der Waals surface area contributed by atoms with E-state index in [1.54, 1.807) is 0 Å². The Balaban J connectivity index is 1.37. The van der Waals surface area contributed by atoms with Crippen molar-refractivity contribution in [2.75, 3.05) is 23.3 Å². The summed E-state index contributed by atoms with van der Waals surface area (Å²) in [6.45, 7) is 6.86. The third kappa shape index (κ3) is 5.29. The molecule has 1 aliphatic carbocycles. The molecule has 7 nitrogen and oxygen atoms in total. The highest BCUT2D eigenvalue weighted by atomic mass is 19.1. The minimum atomic E-state index is -0.413. The van der Waals surface area contributed by atoms with Gasteiger partial charge < -0.3 is 20.3 Å². The van der Waals surface area contributed by atoms with Gasteiger partial charge in [-0.25, -0.2) is 9.37 Å². The van der Waals surface area contributed by atoms with Crippen molar-refractivity contribution >= 4 is 17.7 Å². The molecule has 1 aromatic carbocycles. The van der Waals surface area contributed by atoms with Gasteiger partial charge in [-0.2, -0.15) is 4.98 Å². The van der Waals surface area contributed by atoms with Gasteiger partial charge in [-0.3, -0.25) is 4.79 Å². The lowest BCUT2D eigenvalue weighted by Crippen LogP contribution is -2.32. The molecular formula is C24H32FN5O2. The van der Waals surface area contributed by atoms with Crippen LogP contribution in [-0.2, 0) is 4.79 Å². The molecule has 2 atom stereocenters. The molecule has 1 aromatic heterocycles. The predicted molar refractivity (Wildman–Crippen MR) is 122 cm³/mol. The third-order valence-corrected chi connectivity index (χ3v) is 6.39. The number of hydrogen-bond donors (Lipinski definition) is 2. The SMILES string of the molecule is CC(=O)N[C@@H](C)c1ccc(O[C@@H]2CCN(c3nc(NC4(C)CCCC4)ncc3F)C2)cc1. The fourth-order valence-electron chi connectivity index (χ4n) is 4.62. The van der Waals surface area contributed by atoms with E-state index in [0.717, 1.165) is 30.6 Å². The van der Waals surface area contributed by atoms with Gasteiger partial charge in [0.2, 0.25) is 11.9 Å². The second-order valence-corrected chi connectivity index (χ2v) is 9.22. The smallest absolute Gasteiger partial charge is 0.225 e. The number of amides is 1. The molecule has 1 aliphatic heterocycles. The van der Waals surface area contributed by atoms with Gasteiger partial charge in [0.15, 0.2) is 11.6 Å². The zero-order valence-electron chi connectivity index (χ0n) is 19.0. The van der Waals surface area contributed by atoms with Gasteiger partial charge in [0, 0.05) is 25.4 Å². The van der Waals surface area contributed by atoms with Crippen LogP contribution in [0.3, 0.4) is 0 Å². The number of aromatic nitrogens is 2. The zero-order valence-corrected chi connectivity index (χ0v) is 19.0. The number of rotatable bonds is 7. The molecule has 1 amide bonds. The topological polar surface area (TPSA) is 79.4 Å². The fourth-order valence-corrected chi connectivity index (χ4v) is 4.62. The van der Waals surface area contributed by atoms with E-state index in [1.165, 1.54) is 26.0 Å². The average molecular weight is 442 g/mol. The molecule has 2 N–H and O–H groups in total. The molecule has 0 unspecified atom stereocenters. The highest BCUT2D eigenvalue weighted by Crippen LogP contribution is 2.32. The maximum atomic E-state index is 14.5. The first-order valence-electron chi connectivity index (χ1n) is 11.4. The maximum Gasteiger partial charge on any atom is 0.225 e. The minimum Gasteiger partial charge on any atom is -0.489 e. The molecule has 0 radical (unpaired) electrons. The Labute approximate surface area is 188 Å². The molecule has 2 aliphatic rings. The van der Waals surface area contributed by atoms with Crippen molar-refractivity contribution < 1.29 is 13.9 Å². The van der Waals surface area contributed by atoms with Gasteiger partial charge in [-0.05, 0) is 44.4 Å². The van der Waals surface area contributed by atoms with E-state index in [4.69, 9.17) is 4.74 Å². The summed E-state index contributed by atoms with van der Waals surface area (Å²) >= 11 is 0. The fraction of sp³-hybridized carbons (Fsp3) is 0.542. The summed E-state index contributed by atoms with van der Waals surface area (Å²) in [4.78, 5) is 21.8. The summed E-state index contributed by atoms with van der Waals surface area (Å²) in [6.07, 6.45) is 6.52. The number of benzene rings is 1. The van der Waals surface area contributed by atoms with Gasteiger partial charge in [-0.1, -0.05) is 25.0 Å². The van der Waals surface area contributed by atoms with Crippen LogP contribution in [0.4, 0.5) is 16.2 Å². The lowest BCUT2D eigenvalue weighted by atomic mass is 10.0. The van der Waals surface area contributed by atoms with Crippen LogP contribution in [0.2, 0.25) is 0 Å². The Morgan fingerprint density at radius 2 is 2.00 bits per heavy atom. The largest absolute Gasteiger partial charge is 0.489 e. The Morgan fingerprint density at radius 1 is 1.28 bits per heavy atom. The number of nitrogens with one attached hydrogen (secondary N) is 2. The summed E-state index contributed by atoms with van der Waals surface area (Å²) in [5.41, 5.74) is 0.995. The molecule has 2 aromatic rings. The van der Waals surface area contributed by atoms with Gasteiger partial charge >= 0.3 is 0 Å². The molecule has 2 heterocycles. The molecule has 172 valence electrons. The molecule has 0 bridgehead atoms. The number of hydrogen-bond acceptors (Lipinski definition) is 6. The highest BCUT2D eigenvalue weighted by molar-refractivity contribution is 5.73. The van der Waals surface area contributed by atoms with Crippen LogP contribution in [0.5, 0.6) is 5.75 Å². The third-order valence-electron chi connectivity index (χ3n) is 6.39. The predicted octanol–water partition coefficient (Wildman–Crippen LogP) is 4.22. The van der Waals surface area contributed by atoms with Crippen molar-refractivity contribution in [3.63, 3.8) is 0 Å². The van der Waals surface area contributed by atoms with Gasteiger partial charge in [0.1, 0.15) is 11.9 Å². The number of halogens is 1. The molecule has 1 saturated carbocycles. The number of carbonyl (C=O) groups excluding carboxylic acids is 1. The summed E-state index contributed by atoms with van der Waals surface area (Å²) in [5, 5.41) is 6.28. The van der Waals surface area contributed by atoms with Crippen LogP contribution in [0.25, 0.3) is 0 Å². The van der Waals surface area contributed by atoms with Crippen LogP contribution >= 0.6 is 0 Å². The van der Waals surface area contributed by atoms with Crippen LogP contribution in [0.15, 0.2) is 30.5 Å². The Kier molecular flexibility index (Phi) is 6.48. The van der Waals surface area contributed by atoms with E-state index in [9.17, 15) is 9.18 Å². The van der Waals surface area contributed by atoms with Crippen LogP contribution in [-0.4, -0.2) is 40.6 Å². The molecule has 8 heteroatoms. The van der Waals surface area contributed by atoms with E-state index < -0.39 is 5.82 Å². The molecule has 2 fully saturated rings. The molecule has 4 rings (SSSR count). The van der Waals surface area contributed by atoms with Crippen molar-refractivity contribution in [1.82, 2.24) is 15.3 Å². The first-order chi connectivity index (χ1) is 15.3. The molecule has 0 spiro atoms. The van der Waals surface area contributed by atoms with Crippen LogP contribution < -0.4 is 20.3 Å². The summed E-state index contributed by atoms with van der Waals surface area (Å²) < 4.78 is 20.7. The lowest BCUT2D eigenvalue weighted by Gasteiger charge is -2.26. The van der Waals surface area contributed by atoms with Gasteiger partial charge in [0.25, 0.3) is 0 Å². The number of nitrogens with zero attached hydrogens (tertiary/aromatic N) is 3. The van der Waals surface area contributed by atoms with Crippen molar-refractivity contribution in [3.05, 3.63) is 41.8 Å². The maximum absolute atomic E-state index is 14.5. The summed E-state index contributed by atoms with van der Waals surface area (Å²) in [7, 11) is 0. The van der Waals surface area contributed by atoms with E-state index in [2.05, 4.69) is 27.5 Å². The van der Waals surface area contributed by atoms with Crippen LogP contribution in [0, 0.1) is 5.82 Å². The minimum absolute atomic E-state index is 0.0185. The van der Waals surface area contributed by atoms with E-state index in [-0.39, 0.29) is 23.6 Å². The lowest BCUT2D eigenvalue weighted by molar-refractivity contribution is -0.119. The Hall–Kier alpha value is -2.90. The van der Waals surface area contributed by atoms with E-state index in [0.29, 0.717) is 24.9 Å². The zero-order chi connectivity index (χ0) is 22.7. The summed E-state index contributed by atoms with van der Waals surface area (Å²) in [5.74, 6) is 1.10. The number of ether oxygens (including phenoxy) is 1. The van der Waals surface area contributed by atoms with Crippen molar-refractivity contribution in [2.24, 2.45) is 0 Å². The molecular weight excluding hydrogens is 409 g/mol. The number of carbonyl (C=O) groups is 1. The first-order valence-corrected chi connectivity index (χ1v) is 11.4. The normalized spacial score (nSPS) is 20.8. The highest BCUT2D eigenvalue weighted by Gasteiger charge is 2.31. The van der Waals surface area contributed by atoms with Crippen molar-refractivity contribution in [3.8, 4) is 5.75 Å². The number of anilines is 2. The van der Waals surface area contributed by atoms with E-state index >= 15 is 0 Å². The van der Waals surface area contributed by atoms with Gasteiger partial charge in [0.05, 0.1) is 18.8 Å². The van der Waals surface area contributed by atoms with Gasteiger partial charge in [-0.15, -0.1) is 0 Å². The molecule has 32 heavy (non-hydrogen) atoms. The van der Waals surface area contributed by atoms with Crippen LogP contribution in [0.1, 0.15) is 64.5 Å². The Morgan fingerprint density at radius 3 is 2.69 bits per heavy atom. The van der Waals surface area contributed by atoms with E-state index in [1.807, 2.05) is 36.1 Å². The average Bonchev–Trinajstić information content (AvgIpc) is 3.39. The first kappa shape index (κ1) is 22.3. The van der Waals surface area contributed by atoms with Crippen molar-refractivity contribution in [2.45, 2.75) is 70.6 Å². The second-order valence-electron chi connectivity index (χ2n) is 9.22. The van der Waals surface area contributed by atoms with Crippen molar-refractivity contribution in [1.29, 1.82) is 0 Å². The quantitative estimate of drug-likeness (QED) is 0.670.